The van der Waals surface area contributed by atoms with Crippen LogP contribution >= 0.6 is 11.3 Å². The summed E-state index contributed by atoms with van der Waals surface area (Å²) < 4.78 is 47.8. The van der Waals surface area contributed by atoms with Gasteiger partial charge in [0.25, 0.3) is 0 Å². The van der Waals surface area contributed by atoms with Crippen LogP contribution in [0.5, 0.6) is 11.5 Å². The standard InChI is InChI=1S/C23H22F3N3O3S/c24-23(25,26)32-15-9-7-13(8-10-15)16-11-12-27-21(20(16)31-14-3-1-4-14)29-22-28-19-17(30)5-2-6-18(19)33-22/h7-12,14,17,30H,1-6H2,(H,27,28,29). The Kier molecular flexibility index (Phi) is 5.88. The molecule has 1 atom stereocenters. The Hall–Kier alpha value is -2.85. The lowest BCUT2D eigenvalue weighted by Crippen LogP contribution is -2.25. The van der Waals surface area contributed by atoms with E-state index < -0.39 is 12.5 Å². The molecule has 0 radical (unpaired) electrons. The van der Waals surface area contributed by atoms with Crippen LogP contribution in [0.1, 0.15) is 48.8 Å². The number of alkyl halides is 3. The molecule has 2 N–H and O–H groups in total. The van der Waals surface area contributed by atoms with Gasteiger partial charge in [-0.1, -0.05) is 12.1 Å². The number of aliphatic hydroxyl groups excluding tert-OH is 1. The molecule has 33 heavy (non-hydrogen) atoms. The topological polar surface area (TPSA) is 76.5 Å². The molecular formula is C23H22F3N3O3S. The van der Waals surface area contributed by atoms with Gasteiger partial charge in [0.15, 0.2) is 16.7 Å². The minimum atomic E-state index is -4.74. The summed E-state index contributed by atoms with van der Waals surface area (Å²) in [5, 5.41) is 14.1. The maximum absolute atomic E-state index is 12.5. The Balaban J connectivity index is 1.47. The molecule has 2 aliphatic carbocycles. The molecule has 0 saturated heterocycles. The number of nitrogens with one attached hydrogen (secondary N) is 1. The summed E-state index contributed by atoms with van der Waals surface area (Å²) in [6.07, 6.45) is 1.86. The molecule has 0 spiro atoms. The minimum Gasteiger partial charge on any atom is -0.486 e. The number of aromatic nitrogens is 2. The van der Waals surface area contributed by atoms with Gasteiger partial charge in [-0.15, -0.1) is 24.5 Å². The number of pyridine rings is 1. The number of thiazole rings is 1. The van der Waals surface area contributed by atoms with E-state index in [2.05, 4.69) is 20.0 Å². The highest BCUT2D eigenvalue weighted by molar-refractivity contribution is 7.15. The van der Waals surface area contributed by atoms with Gasteiger partial charge in [-0.2, -0.15) is 0 Å². The summed E-state index contributed by atoms with van der Waals surface area (Å²) in [5.74, 6) is 0.725. The normalized spacial score (nSPS) is 18.4. The number of halogens is 3. The molecule has 0 aliphatic heterocycles. The summed E-state index contributed by atoms with van der Waals surface area (Å²) in [5.41, 5.74) is 2.10. The van der Waals surface area contributed by atoms with Crippen molar-refractivity contribution in [3.05, 3.63) is 47.1 Å². The van der Waals surface area contributed by atoms with Crippen LogP contribution in [0.15, 0.2) is 36.5 Å². The lowest BCUT2D eigenvalue weighted by Gasteiger charge is -2.28. The molecule has 10 heteroatoms. The van der Waals surface area contributed by atoms with Crippen molar-refractivity contribution in [3.8, 4) is 22.6 Å². The highest BCUT2D eigenvalue weighted by Crippen LogP contribution is 2.42. The fourth-order valence-electron chi connectivity index (χ4n) is 3.93. The number of fused-ring (bicyclic) bond motifs is 1. The molecular weight excluding hydrogens is 455 g/mol. The van der Waals surface area contributed by atoms with Crippen molar-refractivity contribution in [2.75, 3.05) is 5.32 Å². The van der Waals surface area contributed by atoms with Crippen LogP contribution in [0.3, 0.4) is 0 Å². The van der Waals surface area contributed by atoms with Crippen LogP contribution in [-0.4, -0.2) is 27.5 Å². The van der Waals surface area contributed by atoms with E-state index in [9.17, 15) is 18.3 Å². The van der Waals surface area contributed by atoms with Gasteiger partial charge in [0, 0.05) is 16.6 Å². The van der Waals surface area contributed by atoms with E-state index in [1.165, 1.54) is 23.5 Å². The third kappa shape index (κ3) is 4.91. The highest BCUT2D eigenvalue weighted by Gasteiger charge is 2.31. The summed E-state index contributed by atoms with van der Waals surface area (Å²) >= 11 is 1.49. The SMILES string of the molecule is OC1CCCc2sc(Nc3nccc(-c4ccc(OC(F)(F)F)cc4)c3OC3CCC3)nc21. The average molecular weight is 478 g/mol. The first-order valence-corrected chi connectivity index (χ1v) is 11.6. The van der Waals surface area contributed by atoms with E-state index in [-0.39, 0.29) is 11.9 Å². The molecule has 3 aromatic rings. The predicted molar refractivity (Wildman–Crippen MR) is 118 cm³/mol. The summed E-state index contributed by atoms with van der Waals surface area (Å²) in [6.45, 7) is 0. The second kappa shape index (κ2) is 8.83. The van der Waals surface area contributed by atoms with Crippen molar-refractivity contribution in [2.24, 2.45) is 0 Å². The lowest BCUT2D eigenvalue weighted by atomic mass is 9.96. The number of benzene rings is 1. The quantitative estimate of drug-likeness (QED) is 0.444. The molecule has 0 bridgehead atoms. The van der Waals surface area contributed by atoms with Crippen LogP contribution < -0.4 is 14.8 Å². The Bertz CT molecular complexity index is 1130. The van der Waals surface area contributed by atoms with Gasteiger partial charge < -0.3 is 19.9 Å². The van der Waals surface area contributed by atoms with Crippen molar-refractivity contribution >= 4 is 22.3 Å². The number of hydrogen-bond donors (Lipinski definition) is 2. The van der Waals surface area contributed by atoms with Gasteiger partial charge in [-0.25, -0.2) is 9.97 Å². The fourth-order valence-corrected chi connectivity index (χ4v) is 4.98. The Labute approximate surface area is 192 Å². The first-order chi connectivity index (χ1) is 15.9. The largest absolute Gasteiger partial charge is 0.573 e. The fraction of sp³-hybridized carbons (Fsp3) is 0.391. The van der Waals surface area contributed by atoms with Crippen LogP contribution in [0.25, 0.3) is 11.1 Å². The smallest absolute Gasteiger partial charge is 0.486 e. The Morgan fingerprint density at radius 3 is 2.52 bits per heavy atom. The van der Waals surface area contributed by atoms with Gasteiger partial charge >= 0.3 is 6.36 Å². The van der Waals surface area contributed by atoms with Crippen molar-refractivity contribution < 1.29 is 27.8 Å². The van der Waals surface area contributed by atoms with Crippen molar-refractivity contribution in [2.45, 2.75) is 57.1 Å². The molecule has 2 heterocycles. The summed E-state index contributed by atoms with van der Waals surface area (Å²) in [4.78, 5) is 10.1. The molecule has 2 aromatic heterocycles. The molecule has 1 unspecified atom stereocenters. The van der Waals surface area contributed by atoms with Crippen LogP contribution in [0.4, 0.5) is 24.1 Å². The molecule has 1 aromatic carbocycles. The van der Waals surface area contributed by atoms with Gasteiger partial charge in [-0.05, 0) is 62.3 Å². The average Bonchev–Trinajstić information content (AvgIpc) is 3.15. The van der Waals surface area contributed by atoms with E-state index in [4.69, 9.17) is 4.74 Å². The van der Waals surface area contributed by atoms with Gasteiger partial charge in [0.1, 0.15) is 5.75 Å². The van der Waals surface area contributed by atoms with Gasteiger partial charge in [-0.3, -0.25) is 0 Å². The maximum atomic E-state index is 12.5. The van der Waals surface area contributed by atoms with Gasteiger partial charge in [0.05, 0.1) is 17.9 Å². The number of nitrogens with zero attached hydrogens (tertiary/aromatic N) is 2. The zero-order chi connectivity index (χ0) is 23.0. The molecule has 174 valence electrons. The lowest BCUT2D eigenvalue weighted by molar-refractivity contribution is -0.274. The number of aryl methyl sites for hydroxylation is 1. The van der Waals surface area contributed by atoms with Gasteiger partial charge in [0.2, 0.25) is 0 Å². The minimum absolute atomic E-state index is 0.0626. The Morgan fingerprint density at radius 1 is 1.06 bits per heavy atom. The van der Waals surface area contributed by atoms with E-state index in [0.29, 0.717) is 39.9 Å². The number of rotatable bonds is 6. The zero-order valence-electron chi connectivity index (χ0n) is 17.6. The molecule has 2 aliphatic rings. The molecule has 1 fully saturated rings. The van der Waals surface area contributed by atoms with E-state index in [1.54, 1.807) is 24.4 Å². The van der Waals surface area contributed by atoms with E-state index in [1.807, 2.05) is 0 Å². The van der Waals surface area contributed by atoms with Crippen molar-refractivity contribution in [1.29, 1.82) is 0 Å². The molecule has 5 rings (SSSR count). The van der Waals surface area contributed by atoms with Crippen LogP contribution in [0.2, 0.25) is 0 Å². The highest BCUT2D eigenvalue weighted by atomic mass is 32.1. The number of ether oxygens (including phenoxy) is 2. The second-order valence-corrected chi connectivity index (χ2v) is 9.22. The van der Waals surface area contributed by atoms with E-state index >= 15 is 0 Å². The predicted octanol–water partition coefficient (Wildman–Crippen LogP) is 6.15. The Morgan fingerprint density at radius 2 is 1.85 bits per heavy atom. The maximum Gasteiger partial charge on any atom is 0.573 e. The van der Waals surface area contributed by atoms with E-state index in [0.717, 1.165) is 37.0 Å². The molecule has 0 amide bonds. The first-order valence-electron chi connectivity index (χ1n) is 10.8. The van der Waals surface area contributed by atoms with Crippen LogP contribution in [-0.2, 0) is 6.42 Å². The second-order valence-electron chi connectivity index (χ2n) is 8.14. The summed E-state index contributed by atoms with van der Waals surface area (Å²) in [6, 6.07) is 7.45. The van der Waals surface area contributed by atoms with Crippen molar-refractivity contribution in [1.82, 2.24) is 9.97 Å². The number of anilines is 2. The number of aliphatic hydroxyl groups is 1. The van der Waals surface area contributed by atoms with Crippen molar-refractivity contribution in [3.63, 3.8) is 0 Å². The monoisotopic (exact) mass is 477 g/mol. The first kappa shape index (κ1) is 22.0. The summed E-state index contributed by atoms with van der Waals surface area (Å²) in [7, 11) is 0. The van der Waals surface area contributed by atoms with Crippen LogP contribution in [0, 0.1) is 0 Å². The third-order valence-electron chi connectivity index (χ3n) is 5.79. The zero-order valence-corrected chi connectivity index (χ0v) is 18.4. The molecule has 1 saturated carbocycles. The number of hydrogen-bond acceptors (Lipinski definition) is 7. The third-order valence-corrected chi connectivity index (χ3v) is 6.84. The molecule has 6 nitrogen and oxygen atoms in total.